The van der Waals surface area contributed by atoms with E-state index in [1.807, 2.05) is 42.5 Å². The van der Waals surface area contributed by atoms with Crippen molar-refractivity contribution >= 4 is 23.0 Å². The molecule has 3 rings (SSSR count). The lowest BCUT2D eigenvalue weighted by Gasteiger charge is -2.11. The van der Waals surface area contributed by atoms with Gasteiger partial charge in [0.1, 0.15) is 5.75 Å². The largest absolute Gasteiger partial charge is 0.497 e. The van der Waals surface area contributed by atoms with Crippen molar-refractivity contribution in [3.05, 3.63) is 95.6 Å². The van der Waals surface area contributed by atoms with E-state index >= 15 is 0 Å². The Hall–Kier alpha value is -2.89. The number of methoxy groups -OCH3 is 1. The van der Waals surface area contributed by atoms with E-state index in [0.717, 1.165) is 22.6 Å². The van der Waals surface area contributed by atoms with Gasteiger partial charge in [-0.2, -0.15) is 0 Å². The quantitative estimate of drug-likeness (QED) is 0.534. The molecular weight excluding hydrogens is 368 g/mol. The molecule has 0 spiro atoms. The van der Waals surface area contributed by atoms with Crippen LogP contribution in [0.4, 0.5) is 5.69 Å². The number of rotatable bonds is 8. The summed E-state index contributed by atoms with van der Waals surface area (Å²) in [5.74, 6) is 0.817. The molecule has 0 saturated heterocycles. The zero-order chi connectivity index (χ0) is 19.6. The van der Waals surface area contributed by atoms with Gasteiger partial charge in [0.25, 0.3) is 0 Å². The third-order valence-corrected chi connectivity index (χ3v) is 4.45. The first kappa shape index (κ1) is 19.9. The summed E-state index contributed by atoms with van der Waals surface area (Å²) in [6.45, 7) is 1.88. The van der Waals surface area contributed by atoms with E-state index in [4.69, 9.17) is 21.7 Å². The molecule has 0 unspecified atom stereocenters. The van der Waals surface area contributed by atoms with Crippen molar-refractivity contribution in [2.24, 2.45) is 0 Å². The van der Waals surface area contributed by atoms with Crippen molar-refractivity contribution in [2.75, 3.05) is 12.4 Å². The second-order valence-electron chi connectivity index (χ2n) is 6.33. The molecule has 0 aliphatic heterocycles. The van der Waals surface area contributed by atoms with Gasteiger partial charge in [0.05, 0.1) is 20.3 Å². The topological polar surface area (TPSA) is 42.5 Å². The highest BCUT2D eigenvalue weighted by molar-refractivity contribution is 7.80. The van der Waals surface area contributed by atoms with Gasteiger partial charge >= 0.3 is 0 Å². The van der Waals surface area contributed by atoms with E-state index in [2.05, 4.69) is 47.0 Å². The van der Waals surface area contributed by atoms with Crippen molar-refractivity contribution < 1.29 is 9.47 Å². The first-order valence-corrected chi connectivity index (χ1v) is 9.52. The van der Waals surface area contributed by atoms with Crippen LogP contribution in [0.1, 0.15) is 16.7 Å². The highest BCUT2D eigenvalue weighted by Crippen LogP contribution is 2.15. The minimum absolute atomic E-state index is 0.584. The average Bonchev–Trinajstić information content (AvgIpc) is 2.74. The van der Waals surface area contributed by atoms with E-state index < -0.39 is 0 Å². The average molecular weight is 393 g/mol. The number of hydrogen-bond donors (Lipinski definition) is 2. The first-order valence-electron chi connectivity index (χ1n) is 9.11. The fourth-order valence-corrected chi connectivity index (χ4v) is 2.84. The number of anilines is 1. The minimum atomic E-state index is 0.584. The summed E-state index contributed by atoms with van der Waals surface area (Å²) >= 11 is 5.35. The minimum Gasteiger partial charge on any atom is -0.497 e. The van der Waals surface area contributed by atoms with Crippen LogP contribution in [-0.4, -0.2) is 12.2 Å². The van der Waals surface area contributed by atoms with Crippen molar-refractivity contribution in [1.82, 2.24) is 5.32 Å². The molecule has 0 aromatic heterocycles. The molecule has 0 aliphatic carbocycles. The van der Waals surface area contributed by atoms with Crippen LogP contribution < -0.4 is 15.4 Å². The summed E-state index contributed by atoms with van der Waals surface area (Å²) < 4.78 is 10.9. The Morgan fingerprint density at radius 3 is 2.04 bits per heavy atom. The monoisotopic (exact) mass is 392 g/mol. The number of thiocarbonyl (C=S) groups is 1. The summed E-state index contributed by atoms with van der Waals surface area (Å²) in [4.78, 5) is 0. The fraction of sp³-hybridized carbons (Fsp3) is 0.174. The SMILES string of the molecule is COc1ccc(NC(=S)NCc2ccc(COCc3ccccc3)cc2)cc1. The smallest absolute Gasteiger partial charge is 0.171 e. The Kier molecular flexibility index (Phi) is 7.41. The number of benzene rings is 3. The zero-order valence-corrected chi connectivity index (χ0v) is 16.7. The number of ether oxygens (including phenoxy) is 2. The molecule has 0 heterocycles. The maximum Gasteiger partial charge on any atom is 0.171 e. The number of nitrogens with one attached hydrogen (secondary N) is 2. The Labute approximate surface area is 171 Å². The van der Waals surface area contributed by atoms with Gasteiger partial charge in [0, 0.05) is 12.2 Å². The molecule has 2 N–H and O–H groups in total. The Bertz CT molecular complexity index is 865. The Morgan fingerprint density at radius 2 is 1.39 bits per heavy atom. The molecule has 3 aromatic carbocycles. The highest BCUT2D eigenvalue weighted by atomic mass is 32.1. The van der Waals surface area contributed by atoms with E-state index in [9.17, 15) is 0 Å². The van der Waals surface area contributed by atoms with Gasteiger partial charge in [-0.1, -0.05) is 54.6 Å². The van der Waals surface area contributed by atoms with Crippen LogP contribution >= 0.6 is 12.2 Å². The van der Waals surface area contributed by atoms with Crippen molar-refractivity contribution in [1.29, 1.82) is 0 Å². The molecular formula is C23H24N2O2S. The molecule has 0 bridgehead atoms. The molecule has 0 amide bonds. The van der Waals surface area contributed by atoms with Crippen LogP contribution in [0.15, 0.2) is 78.9 Å². The van der Waals surface area contributed by atoms with Crippen LogP contribution in [0.5, 0.6) is 5.75 Å². The lowest BCUT2D eigenvalue weighted by Crippen LogP contribution is -2.27. The van der Waals surface area contributed by atoms with E-state index in [1.165, 1.54) is 5.56 Å². The van der Waals surface area contributed by atoms with Crippen LogP contribution in [0, 0.1) is 0 Å². The third kappa shape index (κ3) is 6.37. The summed E-state index contributed by atoms with van der Waals surface area (Å²) in [5.41, 5.74) is 4.41. The van der Waals surface area contributed by atoms with Gasteiger partial charge < -0.3 is 20.1 Å². The van der Waals surface area contributed by atoms with Gasteiger partial charge in [-0.05, 0) is 53.2 Å². The molecule has 0 saturated carbocycles. The molecule has 3 aromatic rings. The molecule has 0 aliphatic rings. The Balaban J connectivity index is 1.40. The Morgan fingerprint density at radius 1 is 0.786 bits per heavy atom. The van der Waals surface area contributed by atoms with Crippen molar-refractivity contribution in [3.63, 3.8) is 0 Å². The molecule has 144 valence electrons. The number of hydrogen-bond acceptors (Lipinski definition) is 3. The van der Waals surface area contributed by atoms with Gasteiger partial charge in [-0.3, -0.25) is 0 Å². The molecule has 0 fully saturated rings. The van der Waals surface area contributed by atoms with Gasteiger partial charge in [-0.25, -0.2) is 0 Å². The van der Waals surface area contributed by atoms with Gasteiger partial charge in [0.2, 0.25) is 0 Å². The maximum absolute atomic E-state index is 5.77. The second-order valence-corrected chi connectivity index (χ2v) is 6.74. The van der Waals surface area contributed by atoms with Crippen LogP contribution in [-0.2, 0) is 24.5 Å². The summed E-state index contributed by atoms with van der Waals surface area (Å²) in [7, 11) is 1.65. The third-order valence-electron chi connectivity index (χ3n) is 4.20. The van der Waals surface area contributed by atoms with E-state index in [0.29, 0.717) is 24.9 Å². The van der Waals surface area contributed by atoms with E-state index in [-0.39, 0.29) is 0 Å². The summed E-state index contributed by atoms with van der Waals surface area (Å²) in [5, 5.41) is 6.96. The van der Waals surface area contributed by atoms with Gasteiger partial charge in [0.15, 0.2) is 5.11 Å². The van der Waals surface area contributed by atoms with Crippen LogP contribution in [0.3, 0.4) is 0 Å². The highest BCUT2D eigenvalue weighted by Gasteiger charge is 2.00. The van der Waals surface area contributed by atoms with Crippen LogP contribution in [0.25, 0.3) is 0 Å². The van der Waals surface area contributed by atoms with Crippen molar-refractivity contribution in [3.8, 4) is 5.75 Å². The maximum atomic E-state index is 5.77. The van der Waals surface area contributed by atoms with Gasteiger partial charge in [-0.15, -0.1) is 0 Å². The standard InChI is InChI=1S/C23H24N2O2S/c1-26-22-13-11-21(12-14-22)25-23(28)24-15-18-7-9-20(10-8-18)17-27-16-19-5-3-2-4-6-19/h2-14H,15-17H2,1H3,(H2,24,25,28). The lowest BCUT2D eigenvalue weighted by molar-refractivity contribution is 0.107. The molecule has 28 heavy (non-hydrogen) atoms. The van der Waals surface area contributed by atoms with Crippen molar-refractivity contribution in [2.45, 2.75) is 19.8 Å². The lowest BCUT2D eigenvalue weighted by atomic mass is 10.1. The molecule has 4 nitrogen and oxygen atoms in total. The normalized spacial score (nSPS) is 10.3. The zero-order valence-electron chi connectivity index (χ0n) is 15.9. The molecule has 5 heteroatoms. The predicted molar refractivity (Wildman–Crippen MR) is 117 cm³/mol. The predicted octanol–water partition coefficient (Wildman–Crippen LogP) is 4.90. The van der Waals surface area contributed by atoms with E-state index in [1.54, 1.807) is 7.11 Å². The first-order chi connectivity index (χ1) is 13.7. The summed E-state index contributed by atoms with van der Waals surface area (Å²) in [6, 6.07) is 26.2. The van der Waals surface area contributed by atoms with Crippen LogP contribution in [0.2, 0.25) is 0 Å². The molecule has 0 atom stereocenters. The second kappa shape index (κ2) is 10.4. The fourth-order valence-electron chi connectivity index (χ4n) is 2.65. The molecule has 0 radical (unpaired) electrons. The summed E-state index contributed by atoms with van der Waals surface area (Å²) in [6.07, 6.45) is 0.